The molecule has 3 nitrogen and oxygen atoms in total. The van der Waals surface area contributed by atoms with Crippen LogP contribution in [0.4, 0.5) is 11.4 Å². The van der Waals surface area contributed by atoms with Crippen molar-refractivity contribution in [3.05, 3.63) is 141 Å². The maximum atomic E-state index is 14.3. The van der Waals surface area contributed by atoms with Gasteiger partial charge in [-0.25, -0.2) is 0 Å². The molecule has 0 amide bonds. The third-order valence-electron chi connectivity index (χ3n) is 8.29. The first kappa shape index (κ1) is 27.6. The van der Waals surface area contributed by atoms with Crippen LogP contribution in [-0.4, -0.2) is 5.78 Å². The number of ketones is 1. The summed E-state index contributed by atoms with van der Waals surface area (Å²) in [5, 5.41) is 4.85. The van der Waals surface area contributed by atoms with E-state index >= 15 is 0 Å². The van der Waals surface area contributed by atoms with E-state index in [9.17, 15) is 4.79 Å². The third kappa shape index (κ3) is 5.54. The molecule has 1 N–H and O–H groups in total. The molecule has 0 spiro atoms. The number of nitrogens with zero attached hydrogens (tertiary/aromatic N) is 1. The van der Waals surface area contributed by atoms with Gasteiger partial charge in [-0.05, 0) is 64.3 Å². The molecule has 2 aliphatic rings. The minimum absolute atomic E-state index is 0.0798. The summed E-state index contributed by atoms with van der Waals surface area (Å²) in [5.74, 6) is 0.238. The van der Waals surface area contributed by atoms with E-state index in [0.29, 0.717) is 23.0 Å². The van der Waals surface area contributed by atoms with Crippen LogP contribution in [0.1, 0.15) is 67.8 Å². The minimum Gasteiger partial charge on any atom is -0.357 e. The molecule has 2 atom stereocenters. The number of hydrogen-bond donors (Lipinski definition) is 1. The van der Waals surface area contributed by atoms with E-state index in [2.05, 4.69) is 79.5 Å². The van der Waals surface area contributed by atoms with Crippen LogP contribution in [0.3, 0.4) is 0 Å². The van der Waals surface area contributed by atoms with Crippen LogP contribution in [0.15, 0.2) is 108 Å². The van der Waals surface area contributed by atoms with E-state index in [1.807, 2.05) is 42.5 Å². The van der Waals surface area contributed by atoms with Crippen LogP contribution in [0.25, 0.3) is 0 Å². The van der Waals surface area contributed by atoms with Gasteiger partial charge in [0.1, 0.15) is 0 Å². The summed E-state index contributed by atoms with van der Waals surface area (Å²) in [6.45, 7) is 7.28. The summed E-state index contributed by atoms with van der Waals surface area (Å²) in [7, 11) is 0. The number of allylic oxidation sites excluding steroid dienone is 1. The highest BCUT2D eigenvalue weighted by Gasteiger charge is 2.40. The van der Waals surface area contributed by atoms with Crippen LogP contribution in [-0.2, 0) is 16.8 Å². The second-order valence-electron chi connectivity index (χ2n) is 12.1. The fraction of sp³-hybridized carbons (Fsp3) is 0.250. The van der Waals surface area contributed by atoms with Gasteiger partial charge < -0.3 is 10.2 Å². The van der Waals surface area contributed by atoms with Gasteiger partial charge in [-0.1, -0.05) is 117 Å². The topological polar surface area (TPSA) is 32.3 Å². The first-order chi connectivity index (χ1) is 19.7. The second kappa shape index (κ2) is 11.0. The fourth-order valence-electron chi connectivity index (χ4n) is 6.15. The van der Waals surface area contributed by atoms with Crippen molar-refractivity contribution in [2.45, 2.75) is 57.5 Å². The Morgan fingerprint density at radius 2 is 1.56 bits per heavy atom. The number of Topliss-reactive ketones (excluding diaryl/α,β-unsaturated/α-hetero) is 1. The number of rotatable bonds is 4. The molecule has 0 unspecified atom stereocenters. The number of hydrogen-bond acceptors (Lipinski definition) is 3. The Morgan fingerprint density at radius 3 is 2.27 bits per heavy atom. The summed E-state index contributed by atoms with van der Waals surface area (Å²) in [4.78, 5) is 16.6. The molecule has 1 aliphatic carbocycles. The zero-order chi connectivity index (χ0) is 28.7. The molecule has 0 aromatic heterocycles. The van der Waals surface area contributed by atoms with Crippen molar-refractivity contribution in [2.24, 2.45) is 0 Å². The maximum absolute atomic E-state index is 14.3. The molecular weight excluding hydrogens is 547 g/mol. The molecule has 5 heteroatoms. The van der Waals surface area contributed by atoms with E-state index in [1.165, 1.54) is 11.1 Å². The number of carbonyl (C=O) groups is 1. The Bertz CT molecular complexity index is 1620. The summed E-state index contributed by atoms with van der Waals surface area (Å²) in [6.07, 6.45) is 1.19. The molecule has 0 fully saturated rings. The second-order valence-corrected chi connectivity index (χ2v) is 13.0. The van der Waals surface area contributed by atoms with Crippen molar-refractivity contribution in [1.29, 1.82) is 0 Å². The molecule has 4 aromatic rings. The molecule has 0 bridgehead atoms. The van der Waals surface area contributed by atoms with Crippen LogP contribution >= 0.6 is 23.2 Å². The smallest absolute Gasteiger partial charge is 0.163 e. The van der Waals surface area contributed by atoms with Crippen molar-refractivity contribution < 1.29 is 4.79 Å². The summed E-state index contributed by atoms with van der Waals surface area (Å²) in [5.41, 5.74) is 8.35. The van der Waals surface area contributed by atoms with Gasteiger partial charge in [0.2, 0.25) is 0 Å². The number of anilines is 2. The van der Waals surface area contributed by atoms with Gasteiger partial charge in [-0.3, -0.25) is 4.79 Å². The highest BCUT2D eigenvalue weighted by Crippen LogP contribution is 2.49. The lowest BCUT2D eigenvalue weighted by atomic mass is 9.77. The molecule has 208 valence electrons. The lowest BCUT2D eigenvalue weighted by molar-refractivity contribution is -0.116. The predicted octanol–water partition coefficient (Wildman–Crippen LogP) is 9.87. The van der Waals surface area contributed by atoms with Gasteiger partial charge >= 0.3 is 0 Å². The normalized spacial score (nSPS) is 18.9. The Balaban J connectivity index is 1.49. The number of fused-ring (bicyclic) bond motifs is 1. The zero-order valence-electron chi connectivity index (χ0n) is 23.6. The molecule has 4 aromatic carbocycles. The number of para-hydroxylation sites is 2. The summed E-state index contributed by atoms with van der Waals surface area (Å²) in [6, 6.07) is 32.7. The van der Waals surface area contributed by atoms with Crippen LogP contribution < -0.4 is 10.2 Å². The highest BCUT2D eigenvalue weighted by atomic mass is 35.5. The molecule has 1 aliphatic heterocycles. The first-order valence-corrected chi connectivity index (χ1v) is 14.9. The molecule has 6 rings (SSSR count). The lowest BCUT2D eigenvalue weighted by Crippen LogP contribution is -2.34. The highest BCUT2D eigenvalue weighted by molar-refractivity contribution is 6.35. The van der Waals surface area contributed by atoms with Gasteiger partial charge in [0, 0.05) is 34.3 Å². The molecule has 41 heavy (non-hydrogen) atoms. The average Bonchev–Trinajstić information content (AvgIpc) is 3.08. The van der Waals surface area contributed by atoms with E-state index in [-0.39, 0.29) is 23.2 Å². The largest absolute Gasteiger partial charge is 0.357 e. The van der Waals surface area contributed by atoms with Crippen molar-refractivity contribution in [1.82, 2.24) is 0 Å². The lowest BCUT2D eigenvalue weighted by Gasteiger charge is -2.37. The Labute approximate surface area is 252 Å². The van der Waals surface area contributed by atoms with Gasteiger partial charge in [-0.2, -0.15) is 0 Å². The van der Waals surface area contributed by atoms with E-state index in [4.69, 9.17) is 23.2 Å². The van der Waals surface area contributed by atoms with Gasteiger partial charge in [0.25, 0.3) is 0 Å². The predicted molar refractivity (Wildman–Crippen MR) is 171 cm³/mol. The number of carbonyl (C=O) groups excluding carboxylic acids is 1. The number of nitrogens with one attached hydrogen (secondary N) is 1. The Morgan fingerprint density at radius 1 is 0.854 bits per heavy atom. The minimum atomic E-state index is -0.372. The SMILES string of the molecule is CC(C)(C)c1ccc([C@H]2CC(=O)C3=C(C2)Nc2ccccc2N(Cc2ccccc2)[C@H]3c2ccc(Cl)cc2Cl)cc1. The quantitative estimate of drug-likeness (QED) is 0.260. The first-order valence-electron chi connectivity index (χ1n) is 14.2. The monoisotopic (exact) mass is 580 g/mol. The third-order valence-corrected chi connectivity index (χ3v) is 8.86. The maximum Gasteiger partial charge on any atom is 0.163 e. The number of benzene rings is 4. The molecule has 1 heterocycles. The van der Waals surface area contributed by atoms with E-state index in [1.54, 1.807) is 6.07 Å². The van der Waals surface area contributed by atoms with E-state index in [0.717, 1.165) is 40.2 Å². The van der Waals surface area contributed by atoms with Gasteiger partial charge in [0.05, 0.1) is 17.4 Å². The van der Waals surface area contributed by atoms with Crippen molar-refractivity contribution in [3.8, 4) is 0 Å². The van der Waals surface area contributed by atoms with Gasteiger partial charge in [-0.15, -0.1) is 0 Å². The van der Waals surface area contributed by atoms with Gasteiger partial charge in [0.15, 0.2) is 5.78 Å². The standard InChI is InChI=1S/C36H34Cl2N2O/c1-36(2,3)26-15-13-24(14-16-26)25-19-31-34(33(41)20-25)35(28-18-17-27(37)21-29(28)38)40(22-23-9-5-4-6-10-23)32-12-8-7-11-30(32)39-31/h4-18,21,25,35,39H,19-20,22H2,1-3H3/t25-,35+/m1/s1. The zero-order valence-corrected chi connectivity index (χ0v) is 25.1. The molecule has 0 radical (unpaired) electrons. The Kier molecular flexibility index (Phi) is 7.44. The summed E-state index contributed by atoms with van der Waals surface area (Å²) < 4.78 is 0. The summed E-state index contributed by atoms with van der Waals surface area (Å²) >= 11 is 13.2. The van der Waals surface area contributed by atoms with Crippen molar-refractivity contribution >= 4 is 40.4 Å². The number of halogens is 2. The van der Waals surface area contributed by atoms with E-state index < -0.39 is 0 Å². The Hall–Kier alpha value is -3.53. The van der Waals surface area contributed by atoms with Crippen molar-refractivity contribution in [2.75, 3.05) is 10.2 Å². The molecule has 0 saturated heterocycles. The van der Waals surface area contributed by atoms with Crippen LogP contribution in [0, 0.1) is 0 Å². The molecule has 0 saturated carbocycles. The molecular formula is C36H34Cl2N2O. The van der Waals surface area contributed by atoms with Crippen molar-refractivity contribution in [3.63, 3.8) is 0 Å². The van der Waals surface area contributed by atoms with Crippen LogP contribution in [0.5, 0.6) is 0 Å². The average molecular weight is 582 g/mol. The van der Waals surface area contributed by atoms with Crippen LogP contribution in [0.2, 0.25) is 10.0 Å². The fourth-order valence-corrected chi connectivity index (χ4v) is 6.66.